The summed E-state index contributed by atoms with van der Waals surface area (Å²) in [6.45, 7) is 3.19. The van der Waals surface area contributed by atoms with Gasteiger partial charge in [0.05, 0.1) is 7.11 Å². The van der Waals surface area contributed by atoms with Crippen LogP contribution in [0.5, 0.6) is 0 Å². The number of ether oxygens (including phenoxy) is 1. The molecular formula is C18H23N3O2. The Morgan fingerprint density at radius 3 is 2.87 bits per heavy atom. The summed E-state index contributed by atoms with van der Waals surface area (Å²) in [7, 11) is 1.43. The topological polar surface area (TPSA) is 46.5 Å². The van der Waals surface area contributed by atoms with E-state index in [1.807, 2.05) is 6.07 Å². The molecule has 0 saturated carbocycles. The average molecular weight is 313 g/mol. The minimum Gasteiger partial charge on any atom is -0.453 e. The van der Waals surface area contributed by atoms with E-state index in [9.17, 15) is 4.79 Å². The van der Waals surface area contributed by atoms with Crippen LogP contribution >= 0.6 is 0 Å². The molecule has 0 aliphatic carbocycles. The van der Waals surface area contributed by atoms with Crippen LogP contribution in [0.4, 0.5) is 4.79 Å². The van der Waals surface area contributed by atoms with E-state index in [1.54, 1.807) is 4.90 Å². The Balaban J connectivity index is 1.47. The molecule has 3 rings (SSSR count). The maximum atomic E-state index is 11.5. The van der Waals surface area contributed by atoms with Gasteiger partial charge in [-0.1, -0.05) is 30.3 Å². The van der Waals surface area contributed by atoms with Gasteiger partial charge in [-0.15, -0.1) is 0 Å². The molecule has 1 amide bonds. The molecule has 1 N–H and O–H groups in total. The molecular weight excluding hydrogens is 290 g/mol. The zero-order chi connectivity index (χ0) is 16.1. The minimum atomic E-state index is -0.233. The van der Waals surface area contributed by atoms with Crippen molar-refractivity contribution in [2.24, 2.45) is 0 Å². The van der Waals surface area contributed by atoms with Crippen LogP contribution in [0.1, 0.15) is 17.5 Å². The van der Waals surface area contributed by atoms with Crippen molar-refractivity contribution in [1.29, 1.82) is 0 Å². The fourth-order valence-corrected chi connectivity index (χ4v) is 2.97. The number of rotatable bonds is 5. The van der Waals surface area contributed by atoms with E-state index in [2.05, 4.69) is 52.6 Å². The summed E-state index contributed by atoms with van der Waals surface area (Å²) >= 11 is 0. The zero-order valence-corrected chi connectivity index (χ0v) is 13.4. The molecule has 2 aromatic rings. The van der Waals surface area contributed by atoms with Crippen LogP contribution in [0.3, 0.4) is 0 Å². The number of likely N-dealkylation sites (tertiary alicyclic amines) is 1. The fourth-order valence-electron chi connectivity index (χ4n) is 2.97. The lowest BCUT2D eigenvalue weighted by Gasteiger charge is -2.15. The minimum absolute atomic E-state index is 0.233. The van der Waals surface area contributed by atoms with Gasteiger partial charge in [0.1, 0.15) is 0 Å². The van der Waals surface area contributed by atoms with Gasteiger partial charge in [0.2, 0.25) is 0 Å². The number of nitrogens with zero attached hydrogens (tertiary/aromatic N) is 2. The maximum Gasteiger partial charge on any atom is 0.409 e. The van der Waals surface area contributed by atoms with Crippen molar-refractivity contribution in [3.8, 4) is 0 Å². The molecule has 23 heavy (non-hydrogen) atoms. The molecule has 1 atom stereocenters. The molecule has 0 bridgehead atoms. The van der Waals surface area contributed by atoms with Crippen molar-refractivity contribution in [2.75, 3.05) is 20.2 Å². The highest BCUT2D eigenvalue weighted by Crippen LogP contribution is 2.12. The van der Waals surface area contributed by atoms with Gasteiger partial charge >= 0.3 is 6.09 Å². The molecule has 0 radical (unpaired) electrons. The first-order valence-corrected chi connectivity index (χ1v) is 7.99. The average Bonchev–Trinajstić information content (AvgIpc) is 3.22. The number of carbonyl (C=O) groups is 1. The predicted molar refractivity (Wildman–Crippen MR) is 89.2 cm³/mol. The molecule has 1 aliphatic heterocycles. The largest absolute Gasteiger partial charge is 0.453 e. The number of nitrogens with one attached hydrogen (secondary N) is 1. The van der Waals surface area contributed by atoms with Crippen molar-refractivity contribution in [3.05, 3.63) is 59.9 Å². The highest BCUT2D eigenvalue weighted by Gasteiger charge is 2.26. The molecule has 122 valence electrons. The summed E-state index contributed by atoms with van der Waals surface area (Å²) in [5.41, 5.74) is 2.56. The summed E-state index contributed by atoms with van der Waals surface area (Å²) in [5.74, 6) is 0. The zero-order valence-electron chi connectivity index (χ0n) is 13.4. The molecule has 0 spiro atoms. The van der Waals surface area contributed by atoms with E-state index in [0.717, 1.165) is 32.6 Å². The first kappa shape index (κ1) is 15.6. The Morgan fingerprint density at radius 1 is 1.26 bits per heavy atom. The highest BCUT2D eigenvalue weighted by molar-refractivity contribution is 5.67. The van der Waals surface area contributed by atoms with Crippen LogP contribution in [0.25, 0.3) is 0 Å². The number of aromatic nitrogens is 1. The first-order valence-electron chi connectivity index (χ1n) is 7.99. The van der Waals surface area contributed by atoms with Gasteiger partial charge in [-0.3, -0.25) is 0 Å². The van der Waals surface area contributed by atoms with E-state index >= 15 is 0 Å². The first-order chi connectivity index (χ1) is 11.2. The Kier molecular flexibility index (Phi) is 4.98. The molecule has 2 heterocycles. The van der Waals surface area contributed by atoms with Gasteiger partial charge in [0.25, 0.3) is 0 Å². The third kappa shape index (κ3) is 4.13. The summed E-state index contributed by atoms with van der Waals surface area (Å²) in [4.78, 5) is 13.2. The van der Waals surface area contributed by atoms with Gasteiger partial charge in [-0.2, -0.15) is 0 Å². The van der Waals surface area contributed by atoms with E-state index in [1.165, 1.54) is 18.2 Å². The van der Waals surface area contributed by atoms with Crippen LogP contribution in [0.15, 0.2) is 48.8 Å². The third-order valence-electron chi connectivity index (χ3n) is 4.24. The monoisotopic (exact) mass is 313 g/mol. The van der Waals surface area contributed by atoms with Gasteiger partial charge in [-0.25, -0.2) is 4.79 Å². The van der Waals surface area contributed by atoms with Crippen molar-refractivity contribution in [1.82, 2.24) is 14.8 Å². The number of carbonyl (C=O) groups excluding carboxylic acids is 1. The molecule has 0 unspecified atom stereocenters. The normalized spacial score (nSPS) is 17.4. The Morgan fingerprint density at radius 2 is 2.09 bits per heavy atom. The van der Waals surface area contributed by atoms with E-state index in [0.29, 0.717) is 6.04 Å². The summed E-state index contributed by atoms with van der Waals surface area (Å²) in [5, 5.41) is 3.52. The standard InChI is InChI=1S/C18H23N3O2/c1-23-18(22)21-10-8-17(14-21)19-11-16-7-9-20(13-16)12-15-5-3-2-4-6-15/h2-7,9,13,17,19H,8,10-12,14H2,1H3/t17-/m1/s1. The second-order valence-corrected chi connectivity index (χ2v) is 5.96. The van der Waals surface area contributed by atoms with Crippen LogP contribution in [-0.2, 0) is 17.8 Å². The van der Waals surface area contributed by atoms with Crippen LogP contribution < -0.4 is 5.32 Å². The Hall–Kier alpha value is -2.27. The van der Waals surface area contributed by atoms with Crippen LogP contribution in [0, 0.1) is 0 Å². The molecule has 5 heteroatoms. The molecule has 1 aromatic carbocycles. The van der Waals surface area contributed by atoms with E-state index in [4.69, 9.17) is 4.74 Å². The molecule has 1 aromatic heterocycles. The predicted octanol–water partition coefficient (Wildman–Crippen LogP) is 2.47. The van der Waals surface area contributed by atoms with Crippen molar-refractivity contribution in [3.63, 3.8) is 0 Å². The number of hydrogen-bond donors (Lipinski definition) is 1. The summed E-state index contributed by atoms with van der Waals surface area (Å²) < 4.78 is 6.96. The number of hydrogen-bond acceptors (Lipinski definition) is 3. The Bertz CT molecular complexity index is 639. The quantitative estimate of drug-likeness (QED) is 0.922. The maximum absolute atomic E-state index is 11.5. The highest BCUT2D eigenvalue weighted by atomic mass is 16.5. The summed E-state index contributed by atoms with van der Waals surface area (Å²) in [6, 6.07) is 12.9. The van der Waals surface area contributed by atoms with Gasteiger partial charge in [-0.05, 0) is 23.6 Å². The number of benzene rings is 1. The second-order valence-electron chi connectivity index (χ2n) is 5.96. The van der Waals surface area contributed by atoms with Crippen LogP contribution in [0.2, 0.25) is 0 Å². The third-order valence-corrected chi connectivity index (χ3v) is 4.24. The van der Waals surface area contributed by atoms with Gasteiger partial charge < -0.3 is 19.5 Å². The smallest absolute Gasteiger partial charge is 0.409 e. The van der Waals surface area contributed by atoms with Gasteiger partial charge in [0.15, 0.2) is 0 Å². The molecule has 1 fully saturated rings. The lowest BCUT2D eigenvalue weighted by atomic mass is 10.2. The second kappa shape index (κ2) is 7.33. The number of amides is 1. The van der Waals surface area contributed by atoms with Gasteiger partial charge in [0, 0.05) is 44.6 Å². The molecule has 1 aliphatic rings. The summed E-state index contributed by atoms with van der Waals surface area (Å²) in [6.07, 6.45) is 5.02. The molecule has 1 saturated heterocycles. The lowest BCUT2D eigenvalue weighted by molar-refractivity contribution is 0.132. The van der Waals surface area contributed by atoms with E-state index in [-0.39, 0.29) is 6.09 Å². The number of methoxy groups -OCH3 is 1. The molecule has 5 nitrogen and oxygen atoms in total. The van der Waals surface area contributed by atoms with E-state index < -0.39 is 0 Å². The van der Waals surface area contributed by atoms with Crippen molar-refractivity contribution >= 4 is 6.09 Å². The fraction of sp³-hybridized carbons (Fsp3) is 0.389. The van der Waals surface area contributed by atoms with Crippen LogP contribution in [-0.4, -0.2) is 41.8 Å². The van der Waals surface area contributed by atoms with Crippen molar-refractivity contribution in [2.45, 2.75) is 25.6 Å². The lowest BCUT2D eigenvalue weighted by Crippen LogP contribution is -2.34. The Labute approximate surface area is 136 Å². The van der Waals surface area contributed by atoms with Crippen molar-refractivity contribution < 1.29 is 9.53 Å². The SMILES string of the molecule is COC(=O)N1CC[C@@H](NCc2ccn(Cc3ccccc3)c2)C1.